The highest BCUT2D eigenvalue weighted by Gasteiger charge is 2.19. The van der Waals surface area contributed by atoms with Crippen molar-refractivity contribution in [3.8, 4) is 11.3 Å². The van der Waals surface area contributed by atoms with Gasteiger partial charge in [-0.2, -0.15) is 0 Å². The first-order valence-electron chi connectivity index (χ1n) is 8.74. The summed E-state index contributed by atoms with van der Waals surface area (Å²) in [6, 6.07) is 14.7. The molecule has 1 N–H and O–H groups in total. The van der Waals surface area contributed by atoms with Gasteiger partial charge in [0.1, 0.15) is 5.82 Å². The van der Waals surface area contributed by atoms with Crippen molar-refractivity contribution >= 4 is 16.8 Å². The van der Waals surface area contributed by atoms with Gasteiger partial charge in [-0.05, 0) is 55.0 Å². The third kappa shape index (κ3) is 3.44. The molecule has 0 unspecified atom stereocenters. The Kier molecular flexibility index (Phi) is 4.39. The standard InChI is InChI=1S/C21H20FN3O/c1-14-2-7-19-16(10-14)11-17(12-25-9-8-23-20(26)13-25)21(24-19)15-3-5-18(22)6-4-15/h2-7,10-11H,8-9,12-13H2,1H3,(H,23,26). The van der Waals surface area contributed by atoms with Gasteiger partial charge < -0.3 is 5.32 Å². The molecule has 1 fully saturated rings. The topological polar surface area (TPSA) is 45.2 Å². The van der Waals surface area contributed by atoms with Gasteiger partial charge in [-0.3, -0.25) is 9.69 Å². The summed E-state index contributed by atoms with van der Waals surface area (Å²) in [7, 11) is 0. The van der Waals surface area contributed by atoms with Gasteiger partial charge >= 0.3 is 0 Å². The molecule has 4 rings (SSSR count). The lowest BCUT2D eigenvalue weighted by Gasteiger charge is -2.27. The van der Waals surface area contributed by atoms with Gasteiger partial charge in [-0.1, -0.05) is 11.6 Å². The summed E-state index contributed by atoms with van der Waals surface area (Å²) in [6.45, 7) is 4.54. The van der Waals surface area contributed by atoms with Crippen molar-refractivity contribution in [2.75, 3.05) is 19.6 Å². The third-order valence-corrected chi connectivity index (χ3v) is 4.68. The lowest BCUT2D eigenvalue weighted by molar-refractivity contribution is -0.124. The van der Waals surface area contributed by atoms with Crippen molar-refractivity contribution in [1.82, 2.24) is 15.2 Å². The molecule has 2 aromatic carbocycles. The number of hydrogen-bond donors (Lipinski definition) is 1. The fourth-order valence-electron chi connectivity index (χ4n) is 3.39. The van der Waals surface area contributed by atoms with Gasteiger partial charge in [-0.25, -0.2) is 9.37 Å². The molecule has 0 spiro atoms. The van der Waals surface area contributed by atoms with Crippen molar-refractivity contribution in [3.63, 3.8) is 0 Å². The maximum Gasteiger partial charge on any atom is 0.234 e. The van der Waals surface area contributed by atoms with Crippen molar-refractivity contribution in [2.45, 2.75) is 13.5 Å². The molecule has 1 aromatic heterocycles. The van der Waals surface area contributed by atoms with Crippen molar-refractivity contribution in [3.05, 3.63) is 65.5 Å². The molecule has 1 aliphatic heterocycles. The molecular formula is C21H20FN3O. The maximum atomic E-state index is 13.3. The van der Waals surface area contributed by atoms with Crippen LogP contribution in [0.5, 0.6) is 0 Å². The van der Waals surface area contributed by atoms with E-state index in [-0.39, 0.29) is 11.7 Å². The number of halogens is 1. The molecule has 132 valence electrons. The van der Waals surface area contributed by atoms with Gasteiger partial charge in [0.05, 0.1) is 17.8 Å². The molecule has 2 heterocycles. The second kappa shape index (κ2) is 6.84. The summed E-state index contributed by atoms with van der Waals surface area (Å²) >= 11 is 0. The number of pyridine rings is 1. The van der Waals surface area contributed by atoms with Crippen LogP contribution in [0.1, 0.15) is 11.1 Å². The van der Waals surface area contributed by atoms with E-state index in [1.807, 2.05) is 12.1 Å². The zero-order valence-corrected chi connectivity index (χ0v) is 14.6. The van der Waals surface area contributed by atoms with Crippen LogP contribution in [0.15, 0.2) is 48.5 Å². The zero-order chi connectivity index (χ0) is 18.1. The Bertz CT molecular complexity index is 969. The van der Waals surface area contributed by atoms with Crippen LogP contribution in [-0.2, 0) is 11.3 Å². The number of carbonyl (C=O) groups excluding carboxylic acids is 1. The number of aryl methyl sites for hydroxylation is 1. The monoisotopic (exact) mass is 349 g/mol. The van der Waals surface area contributed by atoms with Crippen LogP contribution < -0.4 is 5.32 Å². The average molecular weight is 349 g/mol. The Morgan fingerprint density at radius 1 is 1.15 bits per heavy atom. The molecule has 0 radical (unpaired) electrons. The summed E-state index contributed by atoms with van der Waals surface area (Å²) in [5.74, 6) is -0.219. The minimum atomic E-state index is -0.264. The van der Waals surface area contributed by atoms with E-state index in [4.69, 9.17) is 4.98 Å². The minimum Gasteiger partial charge on any atom is -0.354 e. The SMILES string of the molecule is Cc1ccc2nc(-c3ccc(F)cc3)c(CN3CCNC(=O)C3)cc2c1. The van der Waals surface area contributed by atoms with Crippen LogP contribution in [0.2, 0.25) is 0 Å². The summed E-state index contributed by atoms with van der Waals surface area (Å²) < 4.78 is 13.3. The van der Waals surface area contributed by atoms with E-state index in [0.717, 1.165) is 34.3 Å². The molecule has 1 amide bonds. The van der Waals surface area contributed by atoms with Crippen LogP contribution in [0.25, 0.3) is 22.2 Å². The smallest absolute Gasteiger partial charge is 0.234 e. The Hall–Kier alpha value is -2.79. The molecule has 0 atom stereocenters. The van der Waals surface area contributed by atoms with E-state index in [2.05, 4.69) is 29.3 Å². The van der Waals surface area contributed by atoms with Crippen LogP contribution in [0, 0.1) is 12.7 Å². The molecule has 3 aromatic rings. The van der Waals surface area contributed by atoms with E-state index >= 15 is 0 Å². The molecule has 1 saturated heterocycles. The van der Waals surface area contributed by atoms with Crippen LogP contribution in [0.3, 0.4) is 0 Å². The van der Waals surface area contributed by atoms with E-state index in [9.17, 15) is 9.18 Å². The predicted octanol–water partition coefficient (Wildman–Crippen LogP) is 3.28. The second-order valence-electron chi connectivity index (χ2n) is 6.76. The molecule has 5 heteroatoms. The van der Waals surface area contributed by atoms with Gasteiger partial charge in [0.2, 0.25) is 5.91 Å². The summed E-state index contributed by atoms with van der Waals surface area (Å²) in [6.07, 6.45) is 0. The molecule has 0 saturated carbocycles. The molecule has 0 bridgehead atoms. The Balaban J connectivity index is 1.80. The number of rotatable bonds is 3. The van der Waals surface area contributed by atoms with Crippen LogP contribution in [0.4, 0.5) is 4.39 Å². The van der Waals surface area contributed by atoms with E-state index in [0.29, 0.717) is 19.6 Å². The molecule has 1 aliphatic rings. The highest BCUT2D eigenvalue weighted by molar-refractivity contribution is 5.84. The number of fused-ring (bicyclic) bond motifs is 1. The number of nitrogens with zero attached hydrogens (tertiary/aromatic N) is 2. The number of aromatic nitrogens is 1. The van der Waals surface area contributed by atoms with Gasteiger partial charge in [0.25, 0.3) is 0 Å². The number of nitrogens with one attached hydrogen (secondary N) is 1. The highest BCUT2D eigenvalue weighted by atomic mass is 19.1. The minimum absolute atomic E-state index is 0.0455. The molecule has 26 heavy (non-hydrogen) atoms. The van der Waals surface area contributed by atoms with Crippen LogP contribution in [-0.4, -0.2) is 35.4 Å². The third-order valence-electron chi connectivity index (χ3n) is 4.68. The number of benzene rings is 2. The van der Waals surface area contributed by atoms with E-state index < -0.39 is 0 Å². The molecule has 0 aliphatic carbocycles. The first kappa shape index (κ1) is 16.7. The lowest BCUT2D eigenvalue weighted by Crippen LogP contribution is -2.47. The first-order valence-corrected chi connectivity index (χ1v) is 8.74. The summed E-state index contributed by atoms with van der Waals surface area (Å²) in [5, 5.41) is 3.93. The van der Waals surface area contributed by atoms with Crippen LogP contribution >= 0.6 is 0 Å². The number of hydrogen-bond acceptors (Lipinski definition) is 3. The maximum absolute atomic E-state index is 13.3. The quantitative estimate of drug-likeness (QED) is 0.789. The number of carbonyl (C=O) groups is 1. The average Bonchev–Trinajstić information content (AvgIpc) is 2.62. The Morgan fingerprint density at radius 2 is 1.96 bits per heavy atom. The van der Waals surface area contributed by atoms with Crippen molar-refractivity contribution in [2.24, 2.45) is 0 Å². The largest absolute Gasteiger partial charge is 0.354 e. The highest BCUT2D eigenvalue weighted by Crippen LogP contribution is 2.27. The fraction of sp³-hybridized carbons (Fsp3) is 0.238. The van der Waals surface area contributed by atoms with Gasteiger partial charge in [0, 0.05) is 30.6 Å². The number of amides is 1. The molecule has 4 nitrogen and oxygen atoms in total. The van der Waals surface area contributed by atoms with Gasteiger partial charge in [-0.15, -0.1) is 0 Å². The normalized spacial score (nSPS) is 15.2. The Labute approximate surface area is 151 Å². The Morgan fingerprint density at radius 3 is 2.73 bits per heavy atom. The van der Waals surface area contributed by atoms with Gasteiger partial charge in [0.15, 0.2) is 0 Å². The van der Waals surface area contributed by atoms with E-state index in [1.54, 1.807) is 12.1 Å². The number of piperazine rings is 1. The predicted molar refractivity (Wildman–Crippen MR) is 100 cm³/mol. The zero-order valence-electron chi connectivity index (χ0n) is 14.6. The molecular weight excluding hydrogens is 329 g/mol. The first-order chi connectivity index (χ1) is 12.6. The summed E-state index contributed by atoms with van der Waals surface area (Å²) in [5.41, 5.74) is 4.86. The van der Waals surface area contributed by atoms with Crippen molar-refractivity contribution in [1.29, 1.82) is 0 Å². The van der Waals surface area contributed by atoms with Crippen molar-refractivity contribution < 1.29 is 9.18 Å². The van der Waals surface area contributed by atoms with E-state index in [1.165, 1.54) is 17.7 Å². The second-order valence-corrected chi connectivity index (χ2v) is 6.76. The summed E-state index contributed by atoms with van der Waals surface area (Å²) in [4.78, 5) is 18.7. The fourth-order valence-corrected chi connectivity index (χ4v) is 3.39. The lowest BCUT2D eigenvalue weighted by atomic mass is 10.0.